The summed E-state index contributed by atoms with van der Waals surface area (Å²) in [7, 11) is 4.78. The molecule has 4 aromatic carbocycles. The van der Waals surface area contributed by atoms with Gasteiger partial charge in [-0.1, -0.05) is 60.7 Å². The van der Waals surface area contributed by atoms with Gasteiger partial charge >= 0.3 is 0 Å². The Morgan fingerprint density at radius 2 is 1.08 bits per heavy atom. The van der Waals surface area contributed by atoms with Crippen molar-refractivity contribution in [3.63, 3.8) is 0 Å². The lowest BCUT2D eigenvalue weighted by atomic mass is 9.69. The molecule has 0 spiro atoms. The van der Waals surface area contributed by atoms with Crippen molar-refractivity contribution in [3.05, 3.63) is 125 Å². The second-order valence-corrected chi connectivity index (χ2v) is 10.2. The van der Waals surface area contributed by atoms with E-state index in [1.165, 1.54) is 0 Å². The SMILES string of the molecule is COc1ccc([C@H]2[C@@H](c3ccc(OC)cc3)[C@](O)(c3ccc(OC)cc3)[C@@]3(O)c4ccccc4C(=O)[C@@H]23)cc1. The van der Waals surface area contributed by atoms with Crippen LogP contribution in [0.1, 0.15) is 44.4 Å². The van der Waals surface area contributed by atoms with Gasteiger partial charge in [0.15, 0.2) is 5.78 Å². The number of benzene rings is 4. The van der Waals surface area contributed by atoms with Crippen molar-refractivity contribution in [1.29, 1.82) is 0 Å². The third kappa shape index (κ3) is 3.45. The minimum atomic E-state index is -1.90. The highest BCUT2D eigenvalue weighted by Gasteiger charge is 2.75. The maximum atomic E-state index is 14.2. The molecule has 39 heavy (non-hydrogen) atoms. The number of carbonyl (C=O) groups is 1. The van der Waals surface area contributed by atoms with Gasteiger partial charge in [0, 0.05) is 17.4 Å². The van der Waals surface area contributed by atoms with Crippen LogP contribution in [-0.4, -0.2) is 37.3 Å². The summed E-state index contributed by atoms with van der Waals surface area (Å²) in [5.41, 5.74) is -0.794. The number of rotatable bonds is 6. The molecule has 1 saturated carbocycles. The molecule has 5 atom stereocenters. The van der Waals surface area contributed by atoms with Crippen LogP contribution in [0.4, 0.5) is 0 Å². The smallest absolute Gasteiger partial charge is 0.170 e. The topological polar surface area (TPSA) is 85.2 Å². The molecule has 198 valence electrons. The molecule has 2 aliphatic carbocycles. The van der Waals surface area contributed by atoms with Crippen molar-refractivity contribution in [1.82, 2.24) is 0 Å². The fourth-order valence-electron chi connectivity index (χ4n) is 6.83. The number of aliphatic hydroxyl groups is 2. The Morgan fingerprint density at radius 1 is 0.590 bits per heavy atom. The first-order valence-electron chi connectivity index (χ1n) is 12.9. The Morgan fingerprint density at radius 3 is 1.62 bits per heavy atom. The minimum Gasteiger partial charge on any atom is -0.497 e. The fourth-order valence-corrected chi connectivity index (χ4v) is 6.83. The first-order valence-corrected chi connectivity index (χ1v) is 12.9. The van der Waals surface area contributed by atoms with Crippen LogP contribution in [0.25, 0.3) is 0 Å². The van der Waals surface area contributed by atoms with Crippen LogP contribution in [0, 0.1) is 5.92 Å². The van der Waals surface area contributed by atoms with Crippen LogP contribution in [0.3, 0.4) is 0 Å². The second-order valence-electron chi connectivity index (χ2n) is 10.2. The fraction of sp³-hybridized carbons (Fsp3) is 0.242. The van der Waals surface area contributed by atoms with Crippen LogP contribution >= 0.6 is 0 Å². The molecule has 0 unspecified atom stereocenters. The molecular weight excluding hydrogens is 492 g/mol. The van der Waals surface area contributed by atoms with E-state index < -0.39 is 29.0 Å². The minimum absolute atomic E-state index is 0.183. The molecule has 0 heterocycles. The molecular formula is C33H30O6. The predicted octanol–water partition coefficient (Wildman–Crippen LogP) is 5.18. The lowest BCUT2D eigenvalue weighted by Gasteiger charge is -2.42. The molecule has 6 heteroatoms. The lowest BCUT2D eigenvalue weighted by Crippen LogP contribution is -2.49. The molecule has 6 rings (SSSR count). The molecule has 6 nitrogen and oxygen atoms in total. The zero-order valence-corrected chi connectivity index (χ0v) is 22.0. The van der Waals surface area contributed by atoms with Gasteiger partial charge in [0.1, 0.15) is 28.5 Å². The van der Waals surface area contributed by atoms with Gasteiger partial charge in [0.25, 0.3) is 0 Å². The Bertz CT molecular complexity index is 1510. The molecule has 2 aliphatic rings. The first kappa shape index (κ1) is 25.2. The summed E-state index contributed by atoms with van der Waals surface area (Å²) in [4.78, 5) is 14.2. The van der Waals surface area contributed by atoms with E-state index in [1.54, 1.807) is 69.9 Å². The van der Waals surface area contributed by atoms with E-state index in [1.807, 2.05) is 48.5 Å². The Kier molecular flexibility index (Phi) is 5.97. The molecule has 0 bridgehead atoms. The van der Waals surface area contributed by atoms with Gasteiger partial charge in [-0.05, 0) is 58.7 Å². The highest BCUT2D eigenvalue weighted by atomic mass is 16.5. The van der Waals surface area contributed by atoms with Crippen molar-refractivity contribution in [2.75, 3.05) is 21.3 Å². The van der Waals surface area contributed by atoms with E-state index in [-0.39, 0.29) is 5.78 Å². The van der Waals surface area contributed by atoms with E-state index in [0.717, 1.165) is 11.1 Å². The van der Waals surface area contributed by atoms with E-state index in [4.69, 9.17) is 14.2 Å². The standard InChI is InChI=1S/C33H30O6/c1-37-23-14-8-20(9-15-23)28-29(21-10-16-24(38-2)17-11-21)32(35,22-12-18-25(39-3)19-13-22)33(36)27-7-5-4-6-26(27)31(34)30(28)33/h4-19,28-30,35-36H,1-3H3/t28-,29+,30+,32+,33+/m0/s1. The van der Waals surface area contributed by atoms with Gasteiger partial charge in [-0.15, -0.1) is 0 Å². The summed E-state index contributed by atoms with van der Waals surface area (Å²) >= 11 is 0. The van der Waals surface area contributed by atoms with Gasteiger partial charge in [-0.2, -0.15) is 0 Å². The number of methoxy groups -OCH3 is 3. The largest absolute Gasteiger partial charge is 0.497 e. The highest BCUT2D eigenvalue weighted by molar-refractivity contribution is 6.05. The molecule has 0 radical (unpaired) electrons. The summed E-state index contributed by atoms with van der Waals surface area (Å²) in [6.07, 6.45) is 0. The van der Waals surface area contributed by atoms with E-state index in [2.05, 4.69) is 0 Å². The normalized spacial score (nSPS) is 27.1. The summed E-state index contributed by atoms with van der Waals surface area (Å²) in [6, 6.07) is 29.1. The average Bonchev–Trinajstić information content (AvgIpc) is 3.36. The van der Waals surface area contributed by atoms with Crippen LogP contribution in [0.2, 0.25) is 0 Å². The summed E-state index contributed by atoms with van der Waals surface area (Å²) in [5, 5.41) is 26.0. The predicted molar refractivity (Wildman–Crippen MR) is 147 cm³/mol. The molecule has 0 amide bonds. The second kappa shape index (κ2) is 9.26. The molecule has 1 fully saturated rings. The first-order chi connectivity index (χ1) is 18.9. The quantitative estimate of drug-likeness (QED) is 0.363. The maximum Gasteiger partial charge on any atom is 0.170 e. The number of ether oxygens (including phenoxy) is 3. The van der Waals surface area contributed by atoms with Crippen molar-refractivity contribution in [2.24, 2.45) is 5.92 Å². The highest BCUT2D eigenvalue weighted by Crippen LogP contribution is 2.70. The zero-order chi connectivity index (χ0) is 27.4. The number of ketones is 1. The van der Waals surface area contributed by atoms with Crippen molar-refractivity contribution in [2.45, 2.75) is 23.0 Å². The van der Waals surface area contributed by atoms with Crippen LogP contribution in [0.15, 0.2) is 97.1 Å². The van der Waals surface area contributed by atoms with Crippen LogP contribution in [0.5, 0.6) is 17.2 Å². The van der Waals surface area contributed by atoms with Gasteiger partial charge < -0.3 is 24.4 Å². The Hall–Kier alpha value is -4.13. The number of fused-ring (bicyclic) bond motifs is 3. The van der Waals surface area contributed by atoms with Gasteiger partial charge in [0.2, 0.25) is 0 Å². The summed E-state index contributed by atoms with van der Waals surface area (Å²) in [6.45, 7) is 0. The lowest BCUT2D eigenvalue weighted by molar-refractivity contribution is -0.159. The third-order valence-electron chi connectivity index (χ3n) is 8.59. The Labute approximate surface area is 227 Å². The van der Waals surface area contributed by atoms with E-state index in [0.29, 0.717) is 33.9 Å². The van der Waals surface area contributed by atoms with Crippen molar-refractivity contribution in [3.8, 4) is 17.2 Å². The summed E-state index contributed by atoms with van der Waals surface area (Å²) in [5.74, 6) is -0.372. The van der Waals surface area contributed by atoms with Gasteiger partial charge in [0.05, 0.1) is 27.2 Å². The third-order valence-corrected chi connectivity index (χ3v) is 8.59. The van der Waals surface area contributed by atoms with Crippen LogP contribution < -0.4 is 14.2 Å². The molecule has 0 saturated heterocycles. The number of hydrogen-bond donors (Lipinski definition) is 2. The van der Waals surface area contributed by atoms with Crippen LogP contribution in [-0.2, 0) is 11.2 Å². The number of hydrogen-bond acceptors (Lipinski definition) is 6. The number of Topliss-reactive ketones (excluding diaryl/α,β-unsaturated/α-hetero) is 1. The maximum absolute atomic E-state index is 14.2. The van der Waals surface area contributed by atoms with Crippen molar-refractivity contribution < 1.29 is 29.2 Å². The molecule has 4 aromatic rings. The Balaban J connectivity index is 1.67. The summed E-state index contributed by atoms with van der Waals surface area (Å²) < 4.78 is 16.2. The van der Waals surface area contributed by atoms with E-state index >= 15 is 0 Å². The van der Waals surface area contributed by atoms with E-state index in [9.17, 15) is 15.0 Å². The van der Waals surface area contributed by atoms with Crippen molar-refractivity contribution >= 4 is 5.78 Å². The van der Waals surface area contributed by atoms with Gasteiger partial charge in [-0.25, -0.2) is 0 Å². The zero-order valence-electron chi connectivity index (χ0n) is 22.0. The molecule has 0 aromatic heterocycles. The van der Waals surface area contributed by atoms with Gasteiger partial charge in [-0.3, -0.25) is 4.79 Å². The number of carbonyl (C=O) groups excluding carboxylic acids is 1. The monoisotopic (exact) mass is 522 g/mol. The molecule has 0 aliphatic heterocycles. The molecule has 2 N–H and O–H groups in total. The average molecular weight is 523 g/mol.